The van der Waals surface area contributed by atoms with Gasteiger partial charge in [-0.15, -0.1) is 0 Å². The lowest BCUT2D eigenvalue weighted by Crippen LogP contribution is -2.34. The molecule has 0 aliphatic carbocycles. The minimum absolute atomic E-state index is 0.0390. The van der Waals surface area contributed by atoms with E-state index in [1.165, 1.54) is 30.7 Å². The van der Waals surface area contributed by atoms with Crippen molar-refractivity contribution >= 4 is 28.7 Å². The molecule has 0 radical (unpaired) electrons. The first-order valence-electron chi connectivity index (χ1n) is 9.30. The molecule has 6 heteroatoms. The highest BCUT2D eigenvalue weighted by molar-refractivity contribution is 7.80. The monoisotopic (exact) mass is 389 g/mol. The highest BCUT2D eigenvalue weighted by atomic mass is 32.1. The normalized spacial score (nSPS) is 18.1. The molecule has 3 nitrogen and oxygen atoms in total. The molecule has 2 atom stereocenters. The van der Waals surface area contributed by atoms with Crippen LogP contribution in [0.3, 0.4) is 0 Å². The van der Waals surface area contributed by atoms with Gasteiger partial charge in [0, 0.05) is 24.8 Å². The van der Waals surface area contributed by atoms with Crippen LogP contribution >= 0.6 is 12.2 Å². The summed E-state index contributed by atoms with van der Waals surface area (Å²) in [7, 11) is 0. The summed E-state index contributed by atoms with van der Waals surface area (Å²) in [4.78, 5) is 2.43. The molecule has 27 heavy (non-hydrogen) atoms. The molecule has 1 heterocycles. The van der Waals surface area contributed by atoms with Crippen molar-refractivity contribution in [1.29, 1.82) is 0 Å². The quantitative estimate of drug-likeness (QED) is 0.699. The van der Waals surface area contributed by atoms with E-state index in [-0.39, 0.29) is 11.7 Å². The number of nitrogens with zero attached hydrogens (tertiary/aromatic N) is 1. The second-order valence-electron chi connectivity index (χ2n) is 7.23. The van der Waals surface area contributed by atoms with Gasteiger partial charge in [-0.05, 0) is 67.7 Å². The molecule has 0 spiro atoms. The smallest absolute Gasteiger partial charge is 0.171 e. The van der Waals surface area contributed by atoms with Crippen molar-refractivity contribution in [3.05, 3.63) is 59.7 Å². The third-order valence-corrected chi connectivity index (χ3v) is 5.16. The molecule has 144 valence electrons. The van der Waals surface area contributed by atoms with Crippen molar-refractivity contribution in [1.82, 2.24) is 5.32 Å². The van der Waals surface area contributed by atoms with Crippen LogP contribution in [0.5, 0.6) is 0 Å². The molecule has 1 aliphatic heterocycles. The lowest BCUT2D eigenvalue weighted by molar-refractivity contribution is 0.447. The third kappa shape index (κ3) is 5.16. The molecular formula is C21H25F2N3S. The molecule has 0 unspecified atom stereocenters. The van der Waals surface area contributed by atoms with Gasteiger partial charge in [-0.1, -0.05) is 19.1 Å². The minimum Gasteiger partial charge on any atom is -0.371 e. The zero-order valence-corrected chi connectivity index (χ0v) is 16.5. The van der Waals surface area contributed by atoms with E-state index in [0.29, 0.717) is 5.11 Å². The van der Waals surface area contributed by atoms with Gasteiger partial charge >= 0.3 is 0 Å². The predicted octanol–water partition coefficient (Wildman–Crippen LogP) is 5.25. The van der Waals surface area contributed by atoms with Crippen LogP contribution in [0.25, 0.3) is 0 Å². The van der Waals surface area contributed by atoms with Crippen LogP contribution in [-0.4, -0.2) is 18.2 Å². The van der Waals surface area contributed by atoms with Gasteiger partial charge in [0.05, 0.1) is 11.7 Å². The average molecular weight is 390 g/mol. The van der Waals surface area contributed by atoms with E-state index in [2.05, 4.69) is 46.7 Å². The zero-order valence-electron chi connectivity index (χ0n) is 15.6. The Morgan fingerprint density at radius 3 is 2.59 bits per heavy atom. The fourth-order valence-corrected chi connectivity index (χ4v) is 3.71. The number of hydrogen-bond acceptors (Lipinski definition) is 2. The third-order valence-electron chi connectivity index (χ3n) is 4.94. The topological polar surface area (TPSA) is 27.3 Å². The summed E-state index contributed by atoms with van der Waals surface area (Å²) in [6.07, 6.45) is 2.54. The van der Waals surface area contributed by atoms with Gasteiger partial charge in [-0.2, -0.15) is 0 Å². The Hall–Kier alpha value is -2.21. The Balaban J connectivity index is 1.58. The number of hydrogen-bond donors (Lipinski definition) is 2. The van der Waals surface area contributed by atoms with Gasteiger partial charge in [0.2, 0.25) is 0 Å². The van der Waals surface area contributed by atoms with Crippen LogP contribution in [-0.2, 0) is 0 Å². The Kier molecular flexibility index (Phi) is 6.26. The van der Waals surface area contributed by atoms with Crippen LogP contribution in [0.1, 0.15) is 38.3 Å². The summed E-state index contributed by atoms with van der Waals surface area (Å²) in [6, 6.07) is 11.8. The predicted molar refractivity (Wildman–Crippen MR) is 111 cm³/mol. The van der Waals surface area contributed by atoms with Crippen LogP contribution in [0.4, 0.5) is 20.2 Å². The van der Waals surface area contributed by atoms with E-state index >= 15 is 0 Å². The average Bonchev–Trinajstić information content (AvgIpc) is 2.64. The highest BCUT2D eigenvalue weighted by Gasteiger charge is 2.17. The first kappa shape index (κ1) is 19.5. The molecule has 3 rings (SSSR count). The van der Waals surface area contributed by atoms with Gasteiger partial charge in [-0.3, -0.25) is 0 Å². The molecule has 2 N–H and O–H groups in total. The Bertz CT molecular complexity index is 795. The van der Waals surface area contributed by atoms with E-state index in [9.17, 15) is 8.78 Å². The standard InChI is InChI=1S/C21H25F2N3S/c1-14-4-3-11-26(13-14)18-8-5-16(6-9-18)15(2)24-21(27)25-20-10-7-17(22)12-19(20)23/h5-10,12,14-15H,3-4,11,13H2,1-2H3,(H2,24,25,27)/t14-,15+/m0/s1. The summed E-state index contributed by atoms with van der Waals surface area (Å²) in [6.45, 7) is 6.50. The van der Waals surface area contributed by atoms with Crippen LogP contribution in [0.15, 0.2) is 42.5 Å². The first-order chi connectivity index (χ1) is 12.9. The number of anilines is 2. The Labute approximate surface area is 164 Å². The lowest BCUT2D eigenvalue weighted by atomic mass is 9.99. The summed E-state index contributed by atoms with van der Waals surface area (Å²) >= 11 is 5.26. The first-order valence-corrected chi connectivity index (χ1v) is 9.70. The summed E-state index contributed by atoms with van der Waals surface area (Å²) in [5, 5.41) is 6.21. The molecule has 2 aromatic rings. The van der Waals surface area contributed by atoms with Crippen molar-refractivity contribution in [2.75, 3.05) is 23.3 Å². The largest absolute Gasteiger partial charge is 0.371 e. The van der Waals surface area contributed by atoms with Crippen molar-refractivity contribution in [3.63, 3.8) is 0 Å². The summed E-state index contributed by atoms with van der Waals surface area (Å²) < 4.78 is 26.7. The summed E-state index contributed by atoms with van der Waals surface area (Å²) in [5.41, 5.74) is 2.48. The molecule has 1 fully saturated rings. The molecule has 1 aliphatic rings. The van der Waals surface area contributed by atoms with Gasteiger partial charge in [-0.25, -0.2) is 8.78 Å². The molecule has 1 saturated heterocycles. The van der Waals surface area contributed by atoms with Crippen molar-refractivity contribution in [3.8, 4) is 0 Å². The summed E-state index contributed by atoms with van der Waals surface area (Å²) in [5.74, 6) is -0.560. The molecule has 0 saturated carbocycles. The molecule has 0 aromatic heterocycles. The van der Waals surface area contributed by atoms with Gasteiger partial charge < -0.3 is 15.5 Å². The van der Waals surface area contributed by atoms with Crippen molar-refractivity contribution in [2.45, 2.75) is 32.7 Å². The second kappa shape index (κ2) is 8.65. The van der Waals surface area contributed by atoms with E-state index in [1.807, 2.05) is 6.92 Å². The van der Waals surface area contributed by atoms with Crippen LogP contribution < -0.4 is 15.5 Å². The molecule has 2 aromatic carbocycles. The highest BCUT2D eigenvalue weighted by Crippen LogP contribution is 2.24. The van der Waals surface area contributed by atoms with E-state index in [0.717, 1.165) is 30.6 Å². The van der Waals surface area contributed by atoms with Crippen LogP contribution in [0, 0.1) is 17.6 Å². The van der Waals surface area contributed by atoms with Gasteiger partial charge in [0.1, 0.15) is 11.6 Å². The number of nitrogens with one attached hydrogen (secondary N) is 2. The fraction of sp³-hybridized carbons (Fsp3) is 0.381. The van der Waals surface area contributed by atoms with E-state index < -0.39 is 11.6 Å². The lowest BCUT2D eigenvalue weighted by Gasteiger charge is -2.33. The van der Waals surface area contributed by atoms with Crippen LogP contribution in [0.2, 0.25) is 0 Å². The molecular weight excluding hydrogens is 364 g/mol. The maximum atomic E-state index is 13.7. The second-order valence-corrected chi connectivity index (χ2v) is 7.64. The van der Waals surface area contributed by atoms with E-state index in [1.54, 1.807) is 0 Å². The zero-order chi connectivity index (χ0) is 19.4. The van der Waals surface area contributed by atoms with E-state index in [4.69, 9.17) is 12.2 Å². The number of rotatable bonds is 4. The number of thiocarbonyl (C=S) groups is 1. The molecule has 0 bridgehead atoms. The Morgan fingerprint density at radius 2 is 1.93 bits per heavy atom. The van der Waals surface area contributed by atoms with Gasteiger partial charge in [0.25, 0.3) is 0 Å². The van der Waals surface area contributed by atoms with Crippen molar-refractivity contribution in [2.24, 2.45) is 5.92 Å². The fourth-order valence-electron chi connectivity index (χ4n) is 3.43. The number of halogens is 2. The molecule has 0 amide bonds. The minimum atomic E-state index is -0.674. The number of benzene rings is 2. The van der Waals surface area contributed by atoms with Crippen molar-refractivity contribution < 1.29 is 8.78 Å². The Morgan fingerprint density at radius 1 is 1.19 bits per heavy atom. The SMILES string of the molecule is C[C@H]1CCCN(c2ccc([C@@H](C)NC(=S)Nc3ccc(F)cc3F)cc2)C1. The maximum absolute atomic E-state index is 13.7. The van der Waals surface area contributed by atoms with Gasteiger partial charge in [0.15, 0.2) is 5.11 Å². The number of piperidine rings is 1. The maximum Gasteiger partial charge on any atom is 0.171 e.